The Labute approximate surface area is 123 Å². The molecule has 1 aliphatic rings. The number of pyridine rings is 1. The number of piperidine rings is 1. The third kappa shape index (κ3) is 4.34. The van der Waals surface area contributed by atoms with Gasteiger partial charge in [-0.3, -0.25) is 4.79 Å². The van der Waals surface area contributed by atoms with Gasteiger partial charge in [0.1, 0.15) is 10.3 Å². The summed E-state index contributed by atoms with van der Waals surface area (Å²) in [5.41, 5.74) is 0.453. The molecule has 2 rings (SSSR count). The highest BCUT2D eigenvalue weighted by Gasteiger charge is 2.18. The van der Waals surface area contributed by atoms with Crippen LogP contribution >= 0.6 is 23.2 Å². The fraction of sp³-hybridized carbons (Fsp3) is 0.538. The average Bonchev–Trinajstić information content (AvgIpc) is 2.35. The number of nitrogens with one attached hydrogen (secondary N) is 1. The number of amides is 1. The molecule has 1 aromatic rings. The quantitative estimate of drug-likeness (QED) is 0.872. The van der Waals surface area contributed by atoms with Crippen molar-refractivity contribution < 1.29 is 4.79 Å². The summed E-state index contributed by atoms with van der Waals surface area (Å²) in [4.78, 5) is 18.1. The summed E-state index contributed by atoms with van der Waals surface area (Å²) in [6.45, 7) is 2.85. The fourth-order valence-corrected chi connectivity index (χ4v) is 2.84. The number of hydrogen-bond donors (Lipinski definition) is 1. The second-order valence-corrected chi connectivity index (χ2v) is 5.76. The lowest BCUT2D eigenvalue weighted by Crippen LogP contribution is -2.39. The van der Waals surface area contributed by atoms with E-state index in [0.717, 1.165) is 19.5 Å². The van der Waals surface area contributed by atoms with E-state index in [1.54, 1.807) is 0 Å². The molecule has 0 spiro atoms. The third-order valence-electron chi connectivity index (χ3n) is 3.30. The Morgan fingerprint density at radius 3 is 2.79 bits per heavy atom. The first-order chi connectivity index (χ1) is 9.04. The monoisotopic (exact) mass is 301 g/mol. The van der Waals surface area contributed by atoms with Gasteiger partial charge in [-0.15, -0.1) is 0 Å². The Morgan fingerprint density at radius 2 is 2.16 bits per heavy atom. The van der Waals surface area contributed by atoms with Gasteiger partial charge in [-0.2, -0.15) is 0 Å². The molecule has 0 aromatic carbocycles. The maximum atomic E-state index is 12.0. The van der Waals surface area contributed by atoms with Crippen LogP contribution < -0.4 is 5.32 Å². The molecule has 19 heavy (non-hydrogen) atoms. The highest BCUT2D eigenvalue weighted by Crippen LogP contribution is 2.16. The number of rotatable bonds is 3. The summed E-state index contributed by atoms with van der Waals surface area (Å²) in [6.07, 6.45) is 2.34. The predicted molar refractivity (Wildman–Crippen MR) is 76.8 cm³/mol. The van der Waals surface area contributed by atoms with Gasteiger partial charge in [0.05, 0.1) is 0 Å². The van der Waals surface area contributed by atoms with Crippen molar-refractivity contribution in [3.8, 4) is 0 Å². The molecule has 1 aliphatic heterocycles. The first kappa shape index (κ1) is 14.6. The Hall–Kier alpha value is -0.840. The van der Waals surface area contributed by atoms with E-state index in [-0.39, 0.29) is 16.2 Å². The van der Waals surface area contributed by atoms with Crippen molar-refractivity contribution in [3.05, 3.63) is 28.0 Å². The maximum Gasteiger partial charge on any atom is 0.251 e. The highest BCUT2D eigenvalue weighted by atomic mass is 35.5. The van der Waals surface area contributed by atoms with Crippen molar-refractivity contribution in [2.45, 2.75) is 12.8 Å². The van der Waals surface area contributed by atoms with E-state index in [9.17, 15) is 4.79 Å². The molecule has 1 N–H and O–H groups in total. The Morgan fingerprint density at radius 1 is 1.47 bits per heavy atom. The molecule has 4 nitrogen and oxygen atoms in total. The van der Waals surface area contributed by atoms with Crippen LogP contribution in [0.3, 0.4) is 0 Å². The highest BCUT2D eigenvalue weighted by molar-refractivity contribution is 6.33. The molecule has 1 amide bonds. The SMILES string of the molecule is CN1CCCC(CNC(=O)c2cc(Cl)nc(Cl)c2)C1. The lowest BCUT2D eigenvalue weighted by molar-refractivity contribution is 0.0936. The molecular weight excluding hydrogens is 285 g/mol. The first-order valence-corrected chi connectivity index (χ1v) is 7.10. The largest absolute Gasteiger partial charge is 0.352 e. The summed E-state index contributed by atoms with van der Waals surface area (Å²) in [7, 11) is 2.11. The van der Waals surface area contributed by atoms with Crippen molar-refractivity contribution in [1.29, 1.82) is 0 Å². The number of nitrogens with zero attached hydrogens (tertiary/aromatic N) is 2. The number of carbonyl (C=O) groups excluding carboxylic acids is 1. The topological polar surface area (TPSA) is 45.2 Å². The normalized spacial score (nSPS) is 20.3. The zero-order valence-corrected chi connectivity index (χ0v) is 12.3. The minimum Gasteiger partial charge on any atom is -0.352 e. The van der Waals surface area contributed by atoms with Crippen LogP contribution in [0, 0.1) is 5.92 Å². The molecule has 0 aliphatic carbocycles. The standard InChI is InChI=1S/C13H17Cl2N3O/c1-18-4-2-3-9(8-18)7-16-13(19)10-5-11(14)17-12(15)6-10/h5-6,9H,2-4,7-8H2,1H3,(H,16,19). The molecule has 1 aromatic heterocycles. The van der Waals surface area contributed by atoms with Gasteiger partial charge in [0.2, 0.25) is 0 Å². The van der Waals surface area contributed by atoms with Crippen LogP contribution in [-0.2, 0) is 0 Å². The summed E-state index contributed by atoms with van der Waals surface area (Å²) >= 11 is 11.6. The zero-order valence-electron chi connectivity index (χ0n) is 10.8. The summed E-state index contributed by atoms with van der Waals surface area (Å²) in [5, 5.41) is 3.40. The second kappa shape index (κ2) is 6.55. The van der Waals surface area contributed by atoms with Gasteiger partial charge in [-0.05, 0) is 44.5 Å². The summed E-state index contributed by atoms with van der Waals surface area (Å²) in [6, 6.07) is 3.05. The van der Waals surface area contributed by atoms with Gasteiger partial charge in [0.15, 0.2) is 0 Å². The molecule has 1 fully saturated rings. The molecule has 1 unspecified atom stereocenters. The van der Waals surface area contributed by atoms with Gasteiger partial charge in [0, 0.05) is 18.7 Å². The zero-order chi connectivity index (χ0) is 13.8. The van der Waals surface area contributed by atoms with E-state index in [2.05, 4.69) is 22.2 Å². The average molecular weight is 302 g/mol. The fourth-order valence-electron chi connectivity index (χ4n) is 2.37. The van der Waals surface area contributed by atoms with E-state index in [1.807, 2.05) is 0 Å². The summed E-state index contributed by atoms with van der Waals surface area (Å²) < 4.78 is 0. The van der Waals surface area contributed by atoms with Gasteiger partial charge >= 0.3 is 0 Å². The van der Waals surface area contributed by atoms with Crippen LogP contribution in [0.1, 0.15) is 23.2 Å². The first-order valence-electron chi connectivity index (χ1n) is 6.34. The molecule has 0 radical (unpaired) electrons. The maximum absolute atomic E-state index is 12.0. The molecule has 0 bridgehead atoms. The van der Waals surface area contributed by atoms with Crippen LogP contribution in [-0.4, -0.2) is 42.5 Å². The van der Waals surface area contributed by atoms with Crippen LogP contribution in [0.5, 0.6) is 0 Å². The molecular formula is C13H17Cl2N3O. The molecule has 0 saturated carbocycles. The smallest absolute Gasteiger partial charge is 0.251 e. The number of likely N-dealkylation sites (tertiary alicyclic amines) is 1. The van der Waals surface area contributed by atoms with Crippen LogP contribution in [0.15, 0.2) is 12.1 Å². The van der Waals surface area contributed by atoms with E-state index < -0.39 is 0 Å². The van der Waals surface area contributed by atoms with E-state index >= 15 is 0 Å². The minimum atomic E-state index is -0.153. The third-order valence-corrected chi connectivity index (χ3v) is 3.69. The number of carbonyl (C=O) groups is 1. The Kier molecular flexibility index (Phi) is 5.02. The summed E-state index contributed by atoms with van der Waals surface area (Å²) in [5.74, 6) is 0.356. The Balaban J connectivity index is 1.90. The molecule has 2 heterocycles. The molecule has 1 saturated heterocycles. The van der Waals surface area contributed by atoms with Crippen molar-refractivity contribution in [2.24, 2.45) is 5.92 Å². The number of aromatic nitrogens is 1. The molecule has 104 valence electrons. The Bertz CT molecular complexity index is 447. The van der Waals surface area contributed by atoms with Gasteiger partial charge in [-0.1, -0.05) is 23.2 Å². The predicted octanol–water partition coefficient (Wildman–Crippen LogP) is 2.46. The molecule has 1 atom stereocenters. The minimum absolute atomic E-state index is 0.153. The number of hydrogen-bond acceptors (Lipinski definition) is 3. The van der Waals surface area contributed by atoms with Gasteiger partial charge in [-0.25, -0.2) is 4.98 Å². The van der Waals surface area contributed by atoms with Gasteiger partial charge < -0.3 is 10.2 Å². The second-order valence-electron chi connectivity index (χ2n) is 4.98. The van der Waals surface area contributed by atoms with Crippen molar-refractivity contribution in [2.75, 3.05) is 26.7 Å². The van der Waals surface area contributed by atoms with E-state index in [0.29, 0.717) is 18.0 Å². The van der Waals surface area contributed by atoms with E-state index in [1.165, 1.54) is 18.6 Å². The lowest BCUT2D eigenvalue weighted by Gasteiger charge is -2.29. The lowest BCUT2D eigenvalue weighted by atomic mass is 9.98. The number of halogens is 2. The van der Waals surface area contributed by atoms with E-state index in [4.69, 9.17) is 23.2 Å². The van der Waals surface area contributed by atoms with Crippen LogP contribution in [0.2, 0.25) is 10.3 Å². The van der Waals surface area contributed by atoms with Crippen LogP contribution in [0.25, 0.3) is 0 Å². The van der Waals surface area contributed by atoms with Crippen molar-refractivity contribution >= 4 is 29.1 Å². The van der Waals surface area contributed by atoms with Crippen LogP contribution in [0.4, 0.5) is 0 Å². The van der Waals surface area contributed by atoms with Crippen molar-refractivity contribution in [1.82, 2.24) is 15.2 Å². The molecule has 6 heteroatoms. The van der Waals surface area contributed by atoms with Crippen molar-refractivity contribution in [3.63, 3.8) is 0 Å². The van der Waals surface area contributed by atoms with Gasteiger partial charge in [0.25, 0.3) is 5.91 Å².